The predicted octanol–water partition coefficient (Wildman–Crippen LogP) is 3.87. The molecule has 2 aromatic carbocycles. The van der Waals surface area contributed by atoms with Crippen LogP contribution in [0.25, 0.3) is 10.5 Å². The lowest BCUT2D eigenvalue weighted by atomic mass is 10.2. The highest BCUT2D eigenvalue weighted by Crippen LogP contribution is 2.28. The zero-order valence-electron chi connectivity index (χ0n) is 14.0. The first-order valence-corrected chi connectivity index (χ1v) is 7.70. The lowest BCUT2D eigenvalue weighted by Crippen LogP contribution is -2.21. The molecule has 1 N–H and O–H groups in total. The topological polar surface area (TPSA) is 54.5 Å². The smallest absolute Gasteiger partial charge is 0.253 e. The van der Waals surface area contributed by atoms with Crippen LogP contribution in [0.3, 0.4) is 0 Å². The minimum absolute atomic E-state index is 0.0539. The third kappa shape index (κ3) is 3.51. The largest absolute Gasteiger partial charge is 0.348 e. The van der Waals surface area contributed by atoms with Crippen LogP contribution in [0.2, 0.25) is 0 Å². The van der Waals surface area contributed by atoms with Crippen LogP contribution in [0.1, 0.15) is 10.4 Å². The van der Waals surface area contributed by atoms with E-state index in [-0.39, 0.29) is 5.91 Å². The van der Waals surface area contributed by atoms with Crippen molar-refractivity contribution >= 4 is 23.1 Å². The Balaban J connectivity index is 1.85. The number of hydrogen-bond donors (Lipinski definition) is 1. The molecule has 1 aromatic heterocycles. The Kier molecular flexibility index (Phi) is 4.48. The molecule has 0 aliphatic carbocycles. The van der Waals surface area contributed by atoms with E-state index in [1.54, 1.807) is 49.2 Å². The number of nitrogens with zero attached hydrogens (tertiary/aromatic N) is 4. The molecular formula is C19H17N5O. The molecule has 3 aromatic rings. The molecule has 0 unspecified atom stereocenters. The Labute approximate surface area is 146 Å². The maximum atomic E-state index is 11.9. The molecule has 0 saturated carbocycles. The molecule has 0 bridgehead atoms. The van der Waals surface area contributed by atoms with Crippen LogP contribution in [-0.2, 0) is 0 Å². The normalized spacial score (nSPS) is 10.1. The first kappa shape index (κ1) is 16.3. The molecule has 0 saturated heterocycles. The van der Waals surface area contributed by atoms with Gasteiger partial charge in [-0.1, -0.05) is 18.2 Å². The summed E-state index contributed by atoms with van der Waals surface area (Å²) < 4.78 is 1.67. The molecule has 0 spiro atoms. The van der Waals surface area contributed by atoms with Gasteiger partial charge in [-0.25, -0.2) is 4.85 Å². The van der Waals surface area contributed by atoms with Gasteiger partial charge in [0.1, 0.15) is 0 Å². The predicted molar refractivity (Wildman–Crippen MR) is 97.6 cm³/mol. The minimum atomic E-state index is -0.0539. The molecule has 124 valence electrons. The number of carbonyl (C=O) groups excluding carboxylic acids is 1. The molecule has 25 heavy (non-hydrogen) atoms. The van der Waals surface area contributed by atoms with Crippen molar-refractivity contribution in [3.05, 3.63) is 77.8 Å². The average Bonchev–Trinajstić information content (AvgIpc) is 3.05. The molecule has 0 aliphatic heterocycles. The summed E-state index contributed by atoms with van der Waals surface area (Å²) in [6.45, 7) is 7.35. The monoisotopic (exact) mass is 331 g/mol. The summed E-state index contributed by atoms with van der Waals surface area (Å²) >= 11 is 0. The Morgan fingerprint density at radius 3 is 2.40 bits per heavy atom. The van der Waals surface area contributed by atoms with Crippen LogP contribution < -0.4 is 5.32 Å². The first-order chi connectivity index (χ1) is 12.1. The van der Waals surface area contributed by atoms with Gasteiger partial charge >= 0.3 is 0 Å². The van der Waals surface area contributed by atoms with Crippen molar-refractivity contribution in [3.63, 3.8) is 0 Å². The standard InChI is InChI=1S/C19H17N5O/c1-20-17-13-24(16-7-5-4-6-8-16)22-18(17)21-15-11-9-14(10-12-15)19(25)23(2)3/h4-13H,2-3H3,(H,21,22). The van der Waals surface area contributed by atoms with Gasteiger partial charge in [0, 0.05) is 31.5 Å². The van der Waals surface area contributed by atoms with E-state index < -0.39 is 0 Å². The van der Waals surface area contributed by atoms with E-state index in [1.165, 1.54) is 4.90 Å². The Morgan fingerprint density at radius 2 is 1.80 bits per heavy atom. The highest BCUT2D eigenvalue weighted by molar-refractivity contribution is 5.94. The van der Waals surface area contributed by atoms with Gasteiger partial charge < -0.3 is 10.2 Å². The Morgan fingerprint density at radius 1 is 1.12 bits per heavy atom. The molecule has 6 heteroatoms. The molecule has 1 heterocycles. The third-order valence-corrected chi connectivity index (χ3v) is 3.64. The van der Waals surface area contributed by atoms with E-state index in [2.05, 4.69) is 15.3 Å². The summed E-state index contributed by atoms with van der Waals surface area (Å²) in [5.74, 6) is 0.423. The molecule has 0 fully saturated rings. The van der Waals surface area contributed by atoms with Crippen molar-refractivity contribution in [2.75, 3.05) is 19.4 Å². The molecule has 1 amide bonds. The van der Waals surface area contributed by atoms with Gasteiger partial charge in [-0.15, -0.1) is 0 Å². The van der Waals surface area contributed by atoms with Crippen LogP contribution in [0, 0.1) is 6.57 Å². The fourth-order valence-corrected chi connectivity index (χ4v) is 2.34. The second-order valence-corrected chi connectivity index (χ2v) is 5.66. The quantitative estimate of drug-likeness (QED) is 0.739. The van der Waals surface area contributed by atoms with E-state index in [0.29, 0.717) is 17.1 Å². The van der Waals surface area contributed by atoms with Crippen LogP contribution >= 0.6 is 0 Å². The Bertz CT molecular complexity index is 921. The summed E-state index contributed by atoms with van der Waals surface area (Å²) in [5, 5.41) is 7.59. The lowest BCUT2D eigenvalue weighted by molar-refractivity contribution is 0.0827. The summed E-state index contributed by atoms with van der Waals surface area (Å²) in [6.07, 6.45) is 1.69. The van der Waals surface area contributed by atoms with E-state index in [0.717, 1.165) is 11.4 Å². The number of aromatic nitrogens is 2. The van der Waals surface area contributed by atoms with Gasteiger partial charge in [-0.05, 0) is 36.4 Å². The molecule has 3 rings (SSSR count). The summed E-state index contributed by atoms with van der Waals surface area (Å²) in [6, 6.07) is 16.7. The number of benzene rings is 2. The van der Waals surface area contributed by atoms with Gasteiger partial charge in [0.05, 0.1) is 12.3 Å². The summed E-state index contributed by atoms with van der Waals surface area (Å²) in [7, 11) is 3.43. The molecule has 0 aliphatic rings. The number of rotatable bonds is 4. The van der Waals surface area contributed by atoms with Crippen molar-refractivity contribution in [2.24, 2.45) is 0 Å². The number of hydrogen-bond acceptors (Lipinski definition) is 3. The minimum Gasteiger partial charge on any atom is -0.348 e. The fourth-order valence-electron chi connectivity index (χ4n) is 2.34. The zero-order valence-corrected chi connectivity index (χ0v) is 14.0. The molecule has 0 radical (unpaired) electrons. The van der Waals surface area contributed by atoms with Gasteiger partial charge in [-0.2, -0.15) is 5.10 Å². The van der Waals surface area contributed by atoms with Crippen molar-refractivity contribution in [2.45, 2.75) is 0 Å². The van der Waals surface area contributed by atoms with E-state index in [4.69, 9.17) is 6.57 Å². The van der Waals surface area contributed by atoms with E-state index >= 15 is 0 Å². The van der Waals surface area contributed by atoms with Gasteiger partial charge in [0.25, 0.3) is 5.91 Å². The summed E-state index contributed by atoms with van der Waals surface area (Å²) in [5.41, 5.74) is 2.68. The number of nitrogens with one attached hydrogen (secondary N) is 1. The molecular weight excluding hydrogens is 314 g/mol. The van der Waals surface area contributed by atoms with E-state index in [9.17, 15) is 4.79 Å². The van der Waals surface area contributed by atoms with Crippen molar-refractivity contribution < 1.29 is 4.79 Å². The van der Waals surface area contributed by atoms with Crippen LogP contribution in [0.15, 0.2) is 60.8 Å². The average molecular weight is 331 g/mol. The maximum absolute atomic E-state index is 11.9. The number of carbonyl (C=O) groups is 1. The zero-order chi connectivity index (χ0) is 17.8. The van der Waals surface area contributed by atoms with Crippen molar-refractivity contribution in [1.82, 2.24) is 14.7 Å². The number of anilines is 2. The van der Waals surface area contributed by atoms with Gasteiger partial charge in [-0.3, -0.25) is 9.48 Å². The van der Waals surface area contributed by atoms with Crippen LogP contribution in [0.5, 0.6) is 0 Å². The highest BCUT2D eigenvalue weighted by Gasteiger charge is 2.11. The van der Waals surface area contributed by atoms with Crippen molar-refractivity contribution in [1.29, 1.82) is 0 Å². The van der Waals surface area contributed by atoms with Gasteiger partial charge in [0.15, 0.2) is 5.82 Å². The second kappa shape index (κ2) is 6.89. The maximum Gasteiger partial charge on any atom is 0.253 e. The highest BCUT2D eigenvalue weighted by atomic mass is 16.2. The Hall–Kier alpha value is -3.59. The number of para-hydroxylation sites is 1. The van der Waals surface area contributed by atoms with Gasteiger partial charge in [0.2, 0.25) is 5.69 Å². The first-order valence-electron chi connectivity index (χ1n) is 7.70. The second-order valence-electron chi connectivity index (χ2n) is 5.66. The summed E-state index contributed by atoms with van der Waals surface area (Å²) in [4.78, 5) is 17.0. The van der Waals surface area contributed by atoms with Crippen molar-refractivity contribution in [3.8, 4) is 5.69 Å². The SMILES string of the molecule is [C-]#[N+]c1cn(-c2ccccc2)nc1Nc1ccc(C(=O)N(C)C)cc1. The molecule has 6 nitrogen and oxygen atoms in total. The third-order valence-electron chi connectivity index (χ3n) is 3.64. The van der Waals surface area contributed by atoms with E-state index in [1.807, 2.05) is 30.3 Å². The number of amides is 1. The lowest BCUT2D eigenvalue weighted by Gasteiger charge is -2.11. The van der Waals surface area contributed by atoms with Crippen LogP contribution in [0.4, 0.5) is 17.2 Å². The van der Waals surface area contributed by atoms with Crippen LogP contribution in [-0.4, -0.2) is 34.7 Å². The molecule has 0 atom stereocenters. The fraction of sp³-hybridized carbons (Fsp3) is 0.105.